The smallest absolute Gasteiger partial charge is 0.413 e. The first-order valence-electron chi connectivity index (χ1n) is 7.73. The summed E-state index contributed by atoms with van der Waals surface area (Å²) in [5.74, 6) is 0.609. The topological polar surface area (TPSA) is 110 Å². The number of carbonyl (C=O) groups is 1. The third-order valence-corrected chi connectivity index (χ3v) is 5.28. The third-order valence-electron chi connectivity index (χ3n) is 3.58. The van der Waals surface area contributed by atoms with Gasteiger partial charge in [-0.05, 0) is 24.3 Å². The summed E-state index contributed by atoms with van der Waals surface area (Å²) >= 11 is 0. The standard InChI is InChI=1S/C17H17N3O5S/c1-24-17(21)20-16-18-14-8-7-12(11-15(14)19-16)25-9-10-26(22,23)13-5-3-2-4-6-13/h2-8,11H,9-10H2,1H3,(H2,18,19,20,21). The van der Waals surface area contributed by atoms with Crippen LogP contribution in [0.3, 0.4) is 0 Å². The Balaban J connectivity index is 1.65. The first-order valence-corrected chi connectivity index (χ1v) is 9.38. The number of hydrogen-bond acceptors (Lipinski definition) is 6. The lowest BCUT2D eigenvalue weighted by atomic mass is 10.3. The minimum Gasteiger partial charge on any atom is -0.492 e. The number of imidazole rings is 1. The summed E-state index contributed by atoms with van der Waals surface area (Å²) in [4.78, 5) is 18.6. The molecule has 0 atom stereocenters. The monoisotopic (exact) mass is 375 g/mol. The highest BCUT2D eigenvalue weighted by molar-refractivity contribution is 7.91. The summed E-state index contributed by atoms with van der Waals surface area (Å²) in [6.07, 6.45) is -0.633. The van der Waals surface area contributed by atoms with Crippen LogP contribution in [-0.4, -0.2) is 43.9 Å². The molecule has 0 fully saturated rings. The number of benzene rings is 2. The quantitative estimate of drug-likeness (QED) is 0.685. The third kappa shape index (κ3) is 4.12. The Morgan fingerprint density at radius 3 is 2.69 bits per heavy atom. The lowest BCUT2D eigenvalue weighted by molar-refractivity contribution is 0.186. The van der Waals surface area contributed by atoms with E-state index < -0.39 is 15.9 Å². The maximum absolute atomic E-state index is 12.2. The number of aromatic amines is 1. The lowest BCUT2D eigenvalue weighted by Gasteiger charge is -2.07. The minimum atomic E-state index is -3.39. The van der Waals surface area contributed by atoms with Gasteiger partial charge < -0.3 is 14.5 Å². The van der Waals surface area contributed by atoms with Crippen molar-refractivity contribution in [3.8, 4) is 5.75 Å². The highest BCUT2D eigenvalue weighted by atomic mass is 32.2. The zero-order valence-electron chi connectivity index (χ0n) is 13.9. The number of nitrogens with one attached hydrogen (secondary N) is 2. The summed E-state index contributed by atoms with van der Waals surface area (Å²) in [7, 11) is -2.13. The number of sulfone groups is 1. The molecule has 1 heterocycles. The molecule has 0 unspecified atom stereocenters. The highest BCUT2D eigenvalue weighted by Crippen LogP contribution is 2.21. The molecule has 0 radical (unpaired) electrons. The Hall–Kier alpha value is -3.07. The number of nitrogens with zero attached hydrogens (tertiary/aromatic N) is 1. The average Bonchev–Trinajstić information content (AvgIpc) is 3.03. The molecular weight excluding hydrogens is 358 g/mol. The van der Waals surface area contributed by atoms with Crippen LogP contribution in [0.1, 0.15) is 0 Å². The molecule has 2 N–H and O–H groups in total. The molecule has 1 amide bonds. The summed E-state index contributed by atoms with van der Waals surface area (Å²) in [5, 5.41) is 2.43. The normalized spacial score (nSPS) is 11.3. The van der Waals surface area contributed by atoms with E-state index in [1.54, 1.807) is 48.5 Å². The van der Waals surface area contributed by atoms with Crippen LogP contribution < -0.4 is 10.1 Å². The molecule has 8 nitrogen and oxygen atoms in total. The van der Waals surface area contributed by atoms with Gasteiger partial charge >= 0.3 is 6.09 Å². The molecule has 26 heavy (non-hydrogen) atoms. The van der Waals surface area contributed by atoms with E-state index in [9.17, 15) is 13.2 Å². The molecular formula is C17H17N3O5S. The molecule has 0 aliphatic heterocycles. The van der Waals surface area contributed by atoms with Gasteiger partial charge in [0.25, 0.3) is 0 Å². The van der Waals surface area contributed by atoms with Crippen LogP contribution in [0.2, 0.25) is 0 Å². The van der Waals surface area contributed by atoms with Gasteiger partial charge in [0.15, 0.2) is 9.84 Å². The molecule has 0 aliphatic carbocycles. The molecule has 0 spiro atoms. The van der Waals surface area contributed by atoms with Gasteiger partial charge in [0, 0.05) is 6.07 Å². The van der Waals surface area contributed by atoms with Crippen molar-refractivity contribution in [2.75, 3.05) is 24.8 Å². The van der Waals surface area contributed by atoms with E-state index in [-0.39, 0.29) is 23.2 Å². The maximum Gasteiger partial charge on any atom is 0.413 e. The summed E-state index contributed by atoms with van der Waals surface area (Å²) in [6, 6.07) is 13.3. The average molecular weight is 375 g/mol. The van der Waals surface area contributed by atoms with Gasteiger partial charge in [0.05, 0.1) is 28.8 Å². The van der Waals surface area contributed by atoms with Crippen molar-refractivity contribution in [2.45, 2.75) is 4.90 Å². The molecule has 0 aliphatic rings. The molecule has 136 valence electrons. The van der Waals surface area contributed by atoms with E-state index >= 15 is 0 Å². The van der Waals surface area contributed by atoms with Crippen molar-refractivity contribution >= 4 is 32.9 Å². The SMILES string of the molecule is COC(=O)Nc1nc2ccc(OCCS(=O)(=O)c3ccccc3)cc2[nH]1. The van der Waals surface area contributed by atoms with Crippen LogP contribution in [0, 0.1) is 0 Å². The van der Waals surface area contributed by atoms with Crippen LogP contribution >= 0.6 is 0 Å². The van der Waals surface area contributed by atoms with Gasteiger partial charge in [-0.25, -0.2) is 18.2 Å². The Morgan fingerprint density at radius 1 is 1.19 bits per heavy atom. The summed E-state index contributed by atoms with van der Waals surface area (Å²) in [5.41, 5.74) is 1.26. The number of fused-ring (bicyclic) bond motifs is 1. The second kappa shape index (κ2) is 7.44. The number of ether oxygens (including phenoxy) is 2. The van der Waals surface area contributed by atoms with E-state index in [4.69, 9.17) is 4.74 Å². The Morgan fingerprint density at radius 2 is 1.96 bits per heavy atom. The van der Waals surface area contributed by atoms with Gasteiger partial charge in [-0.3, -0.25) is 5.32 Å². The van der Waals surface area contributed by atoms with Crippen LogP contribution in [0.5, 0.6) is 5.75 Å². The van der Waals surface area contributed by atoms with Gasteiger partial charge in [-0.2, -0.15) is 0 Å². The Bertz CT molecular complexity index is 1020. The van der Waals surface area contributed by atoms with Crippen LogP contribution in [0.4, 0.5) is 10.7 Å². The van der Waals surface area contributed by atoms with Gasteiger partial charge in [-0.15, -0.1) is 0 Å². The van der Waals surface area contributed by atoms with Crippen LogP contribution in [0.25, 0.3) is 11.0 Å². The zero-order valence-corrected chi connectivity index (χ0v) is 14.7. The number of anilines is 1. The van der Waals surface area contributed by atoms with Gasteiger partial charge in [0.1, 0.15) is 12.4 Å². The maximum atomic E-state index is 12.2. The van der Waals surface area contributed by atoms with Crippen molar-refractivity contribution in [2.24, 2.45) is 0 Å². The van der Waals surface area contributed by atoms with Crippen LogP contribution in [0.15, 0.2) is 53.4 Å². The molecule has 3 rings (SSSR count). The fourth-order valence-corrected chi connectivity index (χ4v) is 3.41. The number of methoxy groups -OCH3 is 1. The molecule has 3 aromatic rings. The van der Waals surface area contributed by atoms with Crippen molar-refractivity contribution in [1.82, 2.24) is 9.97 Å². The number of amides is 1. The largest absolute Gasteiger partial charge is 0.492 e. The highest BCUT2D eigenvalue weighted by Gasteiger charge is 2.14. The van der Waals surface area contributed by atoms with Crippen molar-refractivity contribution in [1.29, 1.82) is 0 Å². The van der Waals surface area contributed by atoms with Gasteiger partial charge in [-0.1, -0.05) is 18.2 Å². The first-order chi connectivity index (χ1) is 12.5. The second-order valence-electron chi connectivity index (χ2n) is 5.36. The molecule has 0 saturated carbocycles. The number of rotatable bonds is 6. The molecule has 0 saturated heterocycles. The predicted molar refractivity (Wildman–Crippen MR) is 96.1 cm³/mol. The molecule has 9 heteroatoms. The Labute approximate surface area is 150 Å². The van der Waals surface area contributed by atoms with Crippen LogP contribution in [-0.2, 0) is 14.6 Å². The minimum absolute atomic E-state index is 0.0180. The van der Waals surface area contributed by atoms with Crippen molar-refractivity contribution in [3.05, 3.63) is 48.5 Å². The van der Waals surface area contributed by atoms with Crippen molar-refractivity contribution < 1.29 is 22.7 Å². The number of carbonyl (C=O) groups excluding carboxylic acids is 1. The molecule has 1 aromatic heterocycles. The van der Waals surface area contributed by atoms with E-state index in [1.165, 1.54) is 7.11 Å². The lowest BCUT2D eigenvalue weighted by Crippen LogP contribution is -2.14. The van der Waals surface area contributed by atoms with Crippen molar-refractivity contribution in [3.63, 3.8) is 0 Å². The Kier molecular flexibility index (Phi) is 5.08. The number of aromatic nitrogens is 2. The summed E-state index contributed by atoms with van der Waals surface area (Å²) < 4.78 is 34.5. The predicted octanol–water partition coefficient (Wildman–Crippen LogP) is 2.59. The number of hydrogen-bond donors (Lipinski definition) is 2. The van der Waals surface area contributed by atoms with E-state index in [2.05, 4.69) is 20.0 Å². The van der Waals surface area contributed by atoms with E-state index in [0.717, 1.165) is 0 Å². The summed E-state index contributed by atoms with van der Waals surface area (Å²) in [6.45, 7) is 0.0180. The first kappa shape index (κ1) is 17.7. The fourth-order valence-electron chi connectivity index (χ4n) is 2.30. The zero-order chi connectivity index (χ0) is 18.6. The second-order valence-corrected chi connectivity index (χ2v) is 7.47. The van der Waals surface area contributed by atoms with E-state index in [1.807, 2.05) is 0 Å². The van der Waals surface area contributed by atoms with Gasteiger partial charge in [0.2, 0.25) is 5.95 Å². The molecule has 2 aromatic carbocycles. The van der Waals surface area contributed by atoms with E-state index in [0.29, 0.717) is 16.8 Å². The molecule has 0 bridgehead atoms. The number of H-pyrrole nitrogens is 1. The fraction of sp³-hybridized carbons (Fsp3) is 0.176.